The molecule has 0 radical (unpaired) electrons. The van der Waals surface area contributed by atoms with E-state index in [4.69, 9.17) is 18.7 Å². The second kappa shape index (κ2) is 11.1. The summed E-state index contributed by atoms with van der Waals surface area (Å²) in [4.78, 5) is 15.5. The molecular weight excluding hydrogens is 516 g/mol. The van der Waals surface area contributed by atoms with E-state index in [2.05, 4.69) is 14.7 Å². The Hall–Kier alpha value is -3.03. The molecule has 0 fully saturated rings. The summed E-state index contributed by atoms with van der Waals surface area (Å²) in [6, 6.07) is 6.40. The summed E-state index contributed by atoms with van der Waals surface area (Å²) < 4.78 is 90.9. The van der Waals surface area contributed by atoms with Crippen molar-refractivity contribution >= 4 is 27.5 Å². The van der Waals surface area contributed by atoms with Crippen molar-refractivity contribution < 1.29 is 36.7 Å². The first-order chi connectivity index (χ1) is 16.9. The summed E-state index contributed by atoms with van der Waals surface area (Å²) in [6.45, 7) is -0.769. The van der Waals surface area contributed by atoms with Crippen LogP contribution >= 0.6 is 11.6 Å². The standard InChI is InChI=1S/C20H17ClF4N4O4S.CH4/c21-14-3-5-15(6-4-14)34(31,32)29(17(18(26)30)7-8-20(23,24)25)10-13-2-1-12(9-16(13)22)19-27-11-33-28-19;/h1-6,9,11,17H,7-8,10H2,(H2,26,30);1H4/t17-;/m1./s1/i;1D. The molecule has 0 saturated carbocycles. The molecule has 3 aromatic rings. The molecule has 1 heterocycles. The zero-order valence-corrected chi connectivity index (χ0v) is 19.7. The van der Waals surface area contributed by atoms with Gasteiger partial charge in [0.05, 0.1) is 4.90 Å². The van der Waals surface area contributed by atoms with Crippen molar-refractivity contribution in [2.24, 2.45) is 5.73 Å². The molecule has 2 aromatic carbocycles. The normalized spacial score (nSPS) is 13.1. The molecule has 3 rings (SSSR count). The number of hydrogen-bond donors (Lipinski definition) is 1. The summed E-state index contributed by atoms with van der Waals surface area (Å²) >= 11 is 5.79. The number of halogens is 5. The summed E-state index contributed by atoms with van der Waals surface area (Å²) in [5, 5.41) is 3.77. The van der Waals surface area contributed by atoms with Crippen LogP contribution in [0.15, 0.2) is 58.3 Å². The Morgan fingerprint density at radius 2 is 1.89 bits per heavy atom. The molecule has 190 valence electrons. The third kappa shape index (κ3) is 6.99. The van der Waals surface area contributed by atoms with Crippen molar-refractivity contribution in [2.75, 3.05) is 0 Å². The number of carbonyl (C=O) groups excluding carboxylic acids is 1. The number of aromatic nitrogens is 2. The van der Waals surface area contributed by atoms with Crippen LogP contribution in [-0.4, -0.2) is 41.0 Å². The van der Waals surface area contributed by atoms with Gasteiger partial charge in [-0.3, -0.25) is 4.79 Å². The Bertz CT molecular complexity index is 1260. The van der Waals surface area contributed by atoms with Gasteiger partial charge in [-0.25, -0.2) is 12.8 Å². The second-order valence-corrected chi connectivity index (χ2v) is 9.46. The van der Waals surface area contributed by atoms with Gasteiger partial charge >= 0.3 is 6.18 Å². The minimum Gasteiger partial charge on any atom is -0.368 e. The Morgan fingerprint density at radius 1 is 1.23 bits per heavy atom. The maximum absolute atomic E-state index is 14.9. The second-order valence-electron chi connectivity index (χ2n) is 7.14. The highest BCUT2D eigenvalue weighted by atomic mass is 35.5. The van der Waals surface area contributed by atoms with Crippen LogP contribution in [0.25, 0.3) is 11.4 Å². The lowest BCUT2D eigenvalue weighted by atomic mass is 10.1. The SMILES string of the molecule is NC(=O)[C@@H](CCC(F)(F)F)N(Cc1ccc(-c2ncon2)cc1F)S(=O)(=O)c1ccc(Cl)cc1.[2H]C. The Kier molecular flexibility index (Phi) is 8.46. The summed E-state index contributed by atoms with van der Waals surface area (Å²) in [7, 11) is -3.35. The third-order valence-corrected chi connectivity index (χ3v) is 6.92. The monoisotopic (exact) mass is 537 g/mol. The highest BCUT2D eigenvalue weighted by Crippen LogP contribution is 2.29. The van der Waals surface area contributed by atoms with Crippen molar-refractivity contribution in [2.45, 2.75) is 43.9 Å². The largest absolute Gasteiger partial charge is 0.389 e. The highest BCUT2D eigenvalue weighted by molar-refractivity contribution is 7.89. The zero-order chi connectivity index (χ0) is 27.1. The van der Waals surface area contributed by atoms with Crippen LogP contribution in [0.5, 0.6) is 0 Å². The van der Waals surface area contributed by atoms with E-state index >= 15 is 0 Å². The van der Waals surface area contributed by atoms with E-state index in [0.717, 1.165) is 24.6 Å². The van der Waals surface area contributed by atoms with Gasteiger partial charge in [0.25, 0.3) is 0 Å². The lowest BCUT2D eigenvalue weighted by molar-refractivity contribution is -0.140. The van der Waals surface area contributed by atoms with Crippen LogP contribution in [0, 0.1) is 5.82 Å². The fourth-order valence-corrected chi connectivity index (χ4v) is 4.84. The van der Waals surface area contributed by atoms with Crippen LogP contribution in [0.2, 0.25) is 5.02 Å². The van der Waals surface area contributed by atoms with E-state index < -0.39 is 53.4 Å². The fourth-order valence-electron chi connectivity index (χ4n) is 3.11. The number of amides is 1. The van der Waals surface area contributed by atoms with E-state index in [0.29, 0.717) is 4.31 Å². The smallest absolute Gasteiger partial charge is 0.368 e. The van der Waals surface area contributed by atoms with E-state index in [9.17, 15) is 30.8 Å². The quantitative estimate of drug-likeness (QED) is 0.400. The molecule has 0 bridgehead atoms. The first-order valence-corrected chi connectivity index (χ1v) is 11.4. The predicted octanol–water partition coefficient (Wildman–Crippen LogP) is 4.55. The van der Waals surface area contributed by atoms with E-state index in [1.54, 1.807) is 0 Å². The van der Waals surface area contributed by atoms with Crippen LogP contribution in [-0.2, 0) is 21.4 Å². The van der Waals surface area contributed by atoms with Gasteiger partial charge in [-0.2, -0.15) is 22.5 Å². The highest BCUT2D eigenvalue weighted by Gasteiger charge is 2.38. The zero-order valence-electron chi connectivity index (χ0n) is 19.2. The van der Waals surface area contributed by atoms with E-state index in [1.807, 2.05) is 0 Å². The number of nitrogens with zero attached hydrogens (tertiary/aromatic N) is 3. The van der Waals surface area contributed by atoms with Gasteiger partial charge in [-0.1, -0.05) is 36.3 Å². The number of sulfonamides is 1. The van der Waals surface area contributed by atoms with Gasteiger partial charge in [0.2, 0.25) is 28.1 Å². The Labute approximate surface area is 205 Å². The molecule has 0 spiro atoms. The first kappa shape index (κ1) is 26.6. The molecule has 0 aliphatic heterocycles. The molecule has 0 unspecified atom stereocenters. The molecule has 8 nitrogen and oxygen atoms in total. The number of alkyl halides is 3. The number of primary amides is 1. The summed E-state index contributed by atoms with van der Waals surface area (Å²) in [5.41, 5.74) is 5.29. The molecule has 1 atom stereocenters. The molecular formula is C21H21ClF4N4O4S. The summed E-state index contributed by atoms with van der Waals surface area (Å²) in [6.07, 6.45) is -6.08. The number of nitrogens with two attached hydrogens (primary N) is 1. The molecule has 1 aromatic heterocycles. The third-order valence-electron chi connectivity index (χ3n) is 4.80. The van der Waals surface area contributed by atoms with Crippen molar-refractivity contribution in [1.29, 1.82) is 0 Å². The van der Waals surface area contributed by atoms with Gasteiger partial charge in [0, 0.05) is 30.5 Å². The topological polar surface area (TPSA) is 119 Å². The molecule has 35 heavy (non-hydrogen) atoms. The van der Waals surface area contributed by atoms with Crippen LogP contribution in [0.1, 0.15) is 27.2 Å². The molecule has 0 aliphatic carbocycles. The van der Waals surface area contributed by atoms with Gasteiger partial charge < -0.3 is 10.3 Å². The maximum atomic E-state index is 14.9. The lowest BCUT2D eigenvalue weighted by Gasteiger charge is -2.29. The minimum absolute atomic E-state index is 0.0660. The van der Waals surface area contributed by atoms with Crippen molar-refractivity contribution in [1.82, 2.24) is 14.4 Å². The van der Waals surface area contributed by atoms with E-state index in [-0.39, 0.29) is 26.9 Å². The van der Waals surface area contributed by atoms with Crippen LogP contribution < -0.4 is 5.73 Å². The number of benzene rings is 2. The molecule has 0 saturated heterocycles. The van der Waals surface area contributed by atoms with Crippen molar-refractivity contribution in [3.8, 4) is 11.4 Å². The lowest BCUT2D eigenvalue weighted by Crippen LogP contribution is -2.48. The van der Waals surface area contributed by atoms with Gasteiger partial charge in [0.1, 0.15) is 11.9 Å². The predicted molar refractivity (Wildman–Crippen MR) is 119 cm³/mol. The number of carbonyl (C=O) groups is 1. The Balaban J connectivity index is 0.00000222. The van der Waals surface area contributed by atoms with Crippen LogP contribution in [0.3, 0.4) is 0 Å². The molecule has 14 heteroatoms. The fraction of sp³-hybridized carbons (Fsp3) is 0.286. The average molecular weight is 538 g/mol. The van der Waals surface area contributed by atoms with E-state index in [1.165, 1.54) is 31.7 Å². The number of hydrogen-bond acceptors (Lipinski definition) is 6. The molecule has 1 amide bonds. The van der Waals surface area contributed by atoms with Gasteiger partial charge in [0.15, 0.2) is 0 Å². The van der Waals surface area contributed by atoms with Gasteiger partial charge in [-0.05, 0) is 36.8 Å². The van der Waals surface area contributed by atoms with Crippen molar-refractivity contribution in [3.63, 3.8) is 0 Å². The maximum Gasteiger partial charge on any atom is 0.389 e. The Morgan fingerprint density at radius 3 is 2.40 bits per heavy atom. The first-order valence-electron chi connectivity index (χ1n) is 10.6. The van der Waals surface area contributed by atoms with Gasteiger partial charge in [-0.15, -0.1) is 0 Å². The minimum atomic E-state index is -4.68. The van der Waals surface area contributed by atoms with Crippen molar-refractivity contribution in [3.05, 3.63) is 65.3 Å². The van der Waals surface area contributed by atoms with Crippen LogP contribution in [0.4, 0.5) is 17.6 Å². The summed E-state index contributed by atoms with van der Waals surface area (Å²) in [5.74, 6) is -2.15. The molecule has 0 aliphatic rings. The number of rotatable bonds is 9. The average Bonchev–Trinajstić information content (AvgIpc) is 3.35. The molecule has 2 N–H and O–H groups in total.